The summed E-state index contributed by atoms with van der Waals surface area (Å²) in [6.45, 7) is 1.98. The van der Waals surface area contributed by atoms with Gasteiger partial charge >= 0.3 is 0 Å². The summed E-state index contributed by atoms with van der Waals surface area (Å²) in [4.78, 5) is 12.1. The Hall–Kier alpha value is -2.26. The number of nitrogens with one attached hydrogen (secondary N) is 1. The van der Waals surface area contributed by atoms with E-state index in [9.17, 15) is 4.79 Å². The van der Waals surface area contributed by atoms with E-state index in [4.69, 9.17) is 10.3 Å². The van der Waals surface area contributed by atoms with Crippen molar-refractivity contribution in [1.82, 2.24) is 14.9 Å². The third-order valence-corrected chi connectivity index (χ3v) is 4.99. The van der Waals surface area contributed by atoms with Crippen LogP contribution in [0.15, 0.2) is 50.6 Å². The quantitative estimate of drug-likeness (QED) is 0.497. The predicted octanol–water partition coefficient (Wildman–Crippen LogP) is 3.05. The first-order valence-electron chi connectivity index (χ1n) is 6.98. The molecule has 0 spiro atoms. The molecule has 0 aliphatic rings. The van der Waals surface area contributed by atoms with Crippen LogP contribution < -0.4 is 11.2 Å². The van der Waals surface area contributed by atoms with Gasteiger partial charge in [0.25, 0.3) is 0 Å². The molecule has 1 aromatic carbocycles. The highest BCUT2D eigenvalue weighted by atomic mass is 79.9. The van der Waals surface area contributed by atoms with E-state index in [1.54, 1.807) is 12.1 Å². The van der Waals surface area contributed by atoms with Crippen molar-refractivity contribution in [3.63, 3.8) is 0 Å². The van der Waals surface area contributed by atoms with Crippen LogP contribution in [0.1, 0.15) is 5.56 Å². The van der Waals surface area contributed by atoms with Gasteiger partial charge in [0.1, 0.15) is 0 Å². The number of thioether (sulfide) groups is 1. The Bertz CT molecular complexity index is 863. The number of nitrogens with zero attached hydrogens (tertiary/aromatic N) is 3. The zero-order valence-corrected chi connectivity index (χ0v) is 15.1. The van der Waals surface area contributed by atoms with Crippen LogP contribution in [0, 0.1) is 6.92 Å². The Morgan fingerprint density at radius 2 is 2.25 bits per heavy atom. The second kappa shape index (κ2) is 7.10. The van der Waals surface area contributed by atoms with Crippen molar-refractivity contribution in [2.24, 2.45) is 0 Å². The summed E-state index contributed by atoms with van der Waals surface area (Å²) >= 11 is 4.64. The van der Waals surface area contributed by atoms with Gasteiger partial charge in [-0.15, -0.1) is 10.2 Å². The molecule has 0 bridgehead atoms. The number of benzene rings is 1. The van der Waals surface area contributed by atoms with Gasteiger partial charge in [-0.05, 0) is 36.8 Å². The van der Waals surface area contributed by atoms with Gasteiger partial charge < -0.3 is 15.6 Å². The summed E-state index contributed by atoms with van der Waals surface area (Å²) in [6.07, 6.45) is 1.53. The summed E-state index contributed by atoms with van der Waals surface area (Å²) in [5.74, 6) is 6.88. The normalized spacial score (nSPS) is 10.8. The second-order valence-corrected chi connectivity index (χ2v) is 6.75. The standard InChI is InChI=1S/C15H14BrN5O2S/c1-9-4-5-10(7-11(9)16)18-13(22)8-24-15-20-19-14(21(15)17)12-3-2-6-23-12/h2-7H,8,17H2,1H3,(H,18,22). The van der Waals surface area contributed by atoms with Crippen LogP contribution in [0.3, 0.4) is 0 Å². The molecule has 0 fully saturated rings. The monoisotopic (exact) mass is 407 g/mol. The molecule has 2 aromatic heterocycles. The summed E-state index contributed by atoms with van der Waals surface area (Å²) in [5.41, 5.74) is 1.83. The molecule has 3 aromatic rings. The van der Waals surface area contributed by atoms with Crippen molar-refractivity contribution < 1.29 is 9.21 Å². The lowest BCUT2D eigenvalue weighted by atomic mass is 10.2. The lowest BCUT2D eigenvalue weighted by molar-refractivity contribution is -0.113. The van der Waals surface area contributed by atoms with Gasteiger partial charge in [0, 0.05) is 10.2 Å². The highest BCUT2D eigenvalue weighted by Gasteiger charge is 2.15. The van der Waals surface area contributed by atoms with Gasteiger partial charge in [-0.3, -0.25) is 4.79 Å². The van der Waals surface area contributed by atoms with Crippen molar-refractivity contribution in [2.75, 3.05) is 16.9 Å². The fraction of sp³-hybridized carbons (Fsp3) is 0.133. The molecule has 0 atom stereocenters. The molecule has 0 radical (unpaired) electrons. The minimum Gasteiger partial charge on any atom is -0.461 e. The number of furan rings is 1. The Morgan fingerprint density at radius 1 is 1.42 bits per heavy atom. The van der Waals surface area contributed by atoms with Gasteiger partial charge in [0.05, 0.1) is 12.0 Å². The molecule has 0 aliphatic heterocycles. The maximum atomic E-state index is 12.1. The van der Waals surface area contributed by atoms with Crippen LogP contribution in [0.2, 0.25) is 0 Å². The summed E-state index contributed by atoms with van der Waals surface area (Å²) in [7, 11) is 0. The molecule has 0 saturated heterocycles. The number of nitrogen functional groups attached to an aromatic ring is 1. The van der Waals surface area contributed by atoms with E-state index in [2.05, 4.69) is 31.4 Å². The number of aryl methyl sites for hydroxylation is 1. The SMILES string of the molecule is Cc1ccc(NC(=O)CSc2nnc(-c3ccco3)n2N)cc1Br. The number of hydrogen-bond acceptors (Lipinski definition) is 6. The number of hydrogen-bond donors (Lipinski definition) is 2. The van der Waals surface area contributed by atoms with Crippen molar-refractivity contribution in [1.29, 1.82) is 0 Å². The van der Waals surface area contributed by atoms with Crippen molar-refractivity contribution in [3.8, 4) is 11.6 Å². The molecular formula is C15H14BrN5O2S. The van der Waals surface area contributed by atoms with Crippen LogP contribution in [-0.4, -0.2) is 26.5 Å². The van der Waals surface area contributed by atoms with E-state index in [0.717, 1.165) is 15.7 Å². The Labute approximate surface area is 150 Å². The van der Waals surface area contributed by atoms with E-state index < -0.39 is 0 Å². The number of halogens is 1. The van der Waals surface area contributed by atoms with Crippen LogP contribution >= 0.6 is 27.7 Å². The number of amides is 1. The van der Waals surface area contributed by atoms with Crippen LogP contribution in [0.5, 0.6) is 0 Å². The van der Waals surface area contributed by atoms with Crippen LogP contribution in [0.25, 0.3) is 11.6 Å². The zero-order chi connectivity index (χ0) is 17.1. The summed E-state index contributed by atoms with van der Waals surface area (Å²) < 4.78 is 7.49. The summed E-state index contributed by atoms with van der Waals surface area (Å²) in [5, 5.41) is 11.2. The first-order valence-corrected chi connectivity index (χ1v) is 8.75. The third kappa shape index (κ3) is 3.62. The number of carbonyl (C=O) groups excluding carboxylic acids is 1. The van der Waals surface area contributed by atoms with E-state index in [1.807, 2.05) is 25.1 Å². The maximum absolute atomic E-state index is 12.1. The minimum absolute atomic E-state index is 0.154. The van der Waals surface area contributed by atoms with Gasteiger partial charge in [-0.25, -0.2) is 4.68 Å². The fourth-order valence-electron chi connectivity index (χ4n) is 1.95. The molecule has 7 nitrogen and oxygen atoms in total. The van der Waals surface area contributed by atoms with E-state index in [0.29, 0.717) is 16.7 Å². The van der Waals surface area contributed by atoms with E-state index >= 15 is 0 Å². The van der Waals surface area contributed by atoms with Crippen molar-refractivity contribution >= 4 is 39.3 Å². The molecule has 3 rings (SSSR count). The summed E-state index contributed by atoms with van der Waals surface area (Å²) in [6, 6.07) is 9.12. The van der Waals surface area contributed by atoms with Crippen molar-refractivity contribution in [3.05, 3.63) is 46.6 Å². The lowest BCUT2D eigenvalue weighted by Gasteiger charge is -2.07. The third-order valence-electron chi connectivity index (χ3n) is 3.19. The molecule has 0 saturated carbocycles. The molecule has 0 unspecified atom stereocenters. The number of aromatic nitrogens is 3. The van der Waals surface area contributed by atoms with Gasteiger partial charge in [-0.2, -0.15) is 0 Å². The highest BCUT2D eigenvalue weighted by molar-refractivity contribution is 9.10. The molecule has 24 heavy (non-hydrogen) atoms. The van der Waals surface area contributed by atoms with Crippen LogP contribution in [0.4, 0.5) is 5.69 Å². The first kappa shape index (κ1) is 16.6. The molecular weight excluding hydrogens is 394 g/mol. The van der Waals surface area contributed by atoms with E-state index in [-0.39, 0.29) is 11.7 Å². The van der Waals surface area contributed by atoms with Gasteiger partial charge in [-0.1, -0.05) is 33.8 Å². The second-order valence-electron chi connectivity index (χ2n) is 4.95. The molecule has 0 aliphatic carbocycles. The molecule has 2 heterocycles. The Balaban J connectivity index is 1.61. The number of rotatable bonds is 5. The van der Waals surface area contributed by atoms with Gasteiger partial charge in [0.15, 0.2) is 5.76 Å². The van der Waals surface area contributed by atoms with Gasteiger partial charge in [0.2, 0.25) is 16.9 Å². The Kier molecular flexibility index (Phi) is 4.91. The zero-order valence-electron chi connectivity index (χ0n) is 12.7. The molecule has 3 N–H and O–H groups in total. The topological polar surface area (TPSA) is 99.0 Å². The Morgan fingerprint density at radius 3 is 2.96 bits per heavy atom. The van der Waals surface area contributed by atoms with E-state index in [1.165, 1.54) is 22.7 Å². The predicted molar refractivity (Wildman–Crippen MR) is 96.1 cm³/mol. The number of carbonyl (C=O) groups is 1. The average Bonchev–Trinajstić information content (AvgIpc) is 3.19. The van der Waals surface area contributed by atoms with Crippen molar-refractivity contribution in [2.45, 2.75) is 12.1 Å². The molecule has 124 valence electrons. The maximum Gasteiger partial charge on any atom is 0.234 e. The minimum atomic E-state index is -0.154. The first-order chi connectivity index (χ1) is 11.5. The highest BCUT2D eigenvalue weighted by Crippen LogP contribution is 2.23. The molecule has 9 heteroatoms. The largest absolute Gasteiger partial charge is 0.461 e. The van der Waals surface area contributed by atoms with Crippen LogP contribution in [-0.2, 0) is 4.79 Å². The number of nitrogens with two attached hydrogens (primary N) is 1. The smallest absolute Gasteiger partial charge is 0.234 e. The average molecular weight is 408 g/mol. The number of anilines is 1. The molecule has 1 amide bonds. The fourth-order valence-corrected chi connectivity index (χ4v) is 2.98. The lowest BCUT2D eigenvalue weighted by Crippen LogP contribution is -2.16.